The number of aliphatic carboxylic acids is 1. The molecule has 140 valence electrons. The summed E-state index contributed by atoms with van der Waals surface area (Å²) in [7, 11) is 0. The third-order valence-electron chi connectivity index (χ3n) is 5.07. The Kier molecular flexibility index (Phi) is 5.44. The van der Waals surface area contributed by atoms with Crippen LogP contribution in [0.3, 0.4) is 0 Å². The lowest BCUT2D eigenvalue weighted by molar-refractivity contribution is -0.148. The van der Waals surface area contributed by atoms with E-state index in [9.17, 15) is 19.5 Å². The first-order valence-electron chi connectivity index (χ1n) is 8.96. The molecule has 3 rings (SSSR count). The van der Waals surface area contributed by atoms with Gasteiger partial charge in [0.05, 0.1) is 13.2 Å². The van der Waals surface area contributed by atoms with Gasteiger partial charge in [0.25, 0.3) is 0 Å². The van der Waals surface area contributed by atoms with Gasteiger partial charge >= 0.3 is 5.97 Å². The first-order chi connectivity index (χ1) is 12.5. The molecule has 1 aromatic rings. The molecule has 1 saturated carbocycles. The lowest BCUT2D eigenvalue weighted by atomic mass is 10.0. The molecule has 1 spiro atoms. The van der Waals surface area contributed by atoms with Gasteiger partial charge in [0.1, 0.15) is 11.8 Å². The largest absolute Gasteiger partial charge is 0.494 e. The molecule has 0 aromatic heterocycles. The van der Waals surface area contributed by atoms with Crippen LogP contribution in [0.5, 0.6) is 5.75 Å². The average Bonchev–Trinajstić information content (AvgIpc) is 3.27. The third kappa shape index (κ3) is 4.53. The maximum Gasteiger partial charge on any atom is 0.326 e. The summed E-state index contributed by atoms with van der Waals surface area (Å²) in [6, 6.07) is 8.59. The Morgan fingerprint density at radius 3 is 2.62 bits per heavy atom. The van der Waals surface area contributed by atoms with Crippen LogP contribution in [0.4, 0.5) is 0 Å². The number of hydrogen-bond acceptors (Lipinski definition) is 4. The van der Waals surface area contributed by atoms with E-state index in [2.05, 4.69) is 5.32 Å². The Morgan fingerprint density at radius 2 is 1.96 bits per heavy atom. The zero-order valence-corrected chi connectivity index (χ0v) is 14.6. The number of nitrogens with zero attached hydrogens (tertiary/aromatic N) is 1. The van der Waals surface area contributed by atoms with E-state index in [0.29, 0.717) is 26.0 Å². The van der Waals surface area contributed by atoms with Crippen LogP contribution in [0, 0.1) is 5.41 Å². The van der Waals surface area contributed by atoms with Crippen LogP contribution in [0.1, 0.15) is 32.1 Å². The standard InChI is InChI=1S/C19H24N2O5/c22-16(7-4-10-26-14-5-2-1-3-6-14)20-12-17(23)21-13-19(8-9-19)11-15(21)18(24)25/h1-3,5-6,15H,4,7-13H2,(H,20,22)(H,24,25)/t15-/m0/s1. The Labute approximate surface area is 152 Å². The number of carbonyl (C=O) groups is 3. The molecule has 7 heteroatoms. The minimum absolute atomic E-state index is 0.0114. The highest BCUT2D eigenvalue weighted by Crippen LogP contribution is 2.54. The number of likely N-dealkylation sites (tertiary alicyclic amines) is 1. The van der Waals surface area contributed by atoms with Crippen LogP contribution in [-0.2, 0) is 14.4 Å². The van der Waals surface area contributed by atoms with Crippen molar-refractivity contribution in [1.29, 1.82) is 0 Å². The fraction of sp³-hybridized carbons (Fsp3) is 0.526. The molecule has 0 bridgehead atoms. The summed E-state index contributed by atoms with van der Waals surface area (Å²) in [6.45, 7) is 0.753. The van der Waals surface area contributed by atoms with Gasteiger partial charge in [-0.2, -0.15) is 0 Å². The summed E-state index contributed by atoms with van der Waals surface area (Å²) in [5.74, 6) is -0.769. The fourth-order valence-electron chi connectivity index (χ4n) is 3.38. The summed E-state index contributed by atoms with van der Waals surface area (Å²) in [5.41, 5.74) is 0.0114. The molecule has 0 unspecified atom stereocenters. The van der Waals surface area contributed by atoms with Crippen LogP contribution in [-0.4, -0.2) is 53.5 Å². The van der Waals surface area contributed by atoms with Gasteiger partial charge in [-0.15, -0.1) is 0 Å². The maximum atomic E-state index is 12.3. The van der Waals surface area contributed by atoms with E-state index in [4.69, 9.17) is 4.74 Å². The summed E-state index contributed by atoms with van der Waals surface area (Å²) in [6.07, 6.45) is 3.29. The molecule has 1 aliphatic carbocycles. The van der Waals surface area contributed by atoms with E-state index in [-0.39, 0.29) is 30.2 Å². The van der Waals surface area contributed by atoms with Crippen molar-refractivity contribution < 1.29 is 24.2 Å². The van der Waals surface area contributed by atoms with Crippen molar-refractivity contribution in [3.05, 3.63) is 30.3 Å². The SMILES string of the molecule is O=C(CCCOc1ccccc1)NCC(=O)N1CC2(CC2)C[C@H]1C(=O)O. The van der Waals surface area contributed by atoms with Crippen molar-refractivity contribution in [2.24, 2.45) is 5.41 Å². The quantitative estimate of drug-likeness (QED) is 0.684. The highest BCUT2D eigenvalue weighted by Gasteiger charge is 2.55. The molecule has 1 aromatic carbocycles. The van der Waals surface area contributed by atoms with Crippen molar-refractivity contribution in [2.75, 3.05) is 19.7 Å². The lowest BCUT2D eigenvalue weighted by Crippen LogP contribution is -2.45. The van der Waals surface area contributed by atoms with Crippen LogP contribution < -0.4 is 10.1 Å². The van der Waals surface area contributed by atoms with E-state index in [1.54, 1.807) is 0 Å². The first kappa shape index (κ1) is 18.2. The Hall–Kier alpha value is -2.57. The molecule has 1 heterocycles. The minimum Gasteiger partial charge on any atom is -0.494 e. The molecule has 2 aliphatic rings. The van der Waals surface area contributed by atoms with Crippen molar-refractivity contribution in [3.8, 4) is 5.75 Å². The lowest BCUT2D eigenvalue weighted by Gasteiger charge is -2.21. The first-order valence-corrected chi connectivity index (χ1v) is 8.96. The molecule has 2 fully saturated rings. The van der Waals surface area contributed by atoms with E-state index >= 15 is 0 Å². The number of carboxylic acids is 1. The van der Waals surface area contributed by atoms with E-state index in [1.807, 2.05) is 30.3 Å². The van der Waals surface area contributed by atoms with Crippen molar-refractivity contribution in [1.82, 2.24) is 10.2 Å². The zero-order valence-electron chi connectivity index (χ0n) is 14.6. The number of nitrogens with one attached hydrogen (secondary N) is 1. The Morgan fingerprint density at radius 1 is 1.23 bits per heavy atom. The second-order valence-corrected chi connectivity index (χ2v) is 7.12. The Bertz CT molecular complexity index is 672. The summed E-state index contributed by atoms with van der Waals surface area (Å²) in [4.78, 5) is 37.0. The summed E-state index contributed by atoms with van der Waals surface area (Å²) < 4.78 is 5.51. The second-order valence-electron chi connectivity index (χ2n) is 7.12. The number of carbonyl (C=O) groups excluding carboxylic acids is 2. The molecule has 2 amide bonds. The number of rotatable bonds is 8. The summed E-state index contributed by atoms with van der Waals surface area (Å²) in [5, 5.41) is 11.9. The number of amides is 2. The van der Waals surface area contributed by atoms with Crippen molar-refractivity contribution in [2.45, 2.75) is 38.1 Å². The molecule has 2 N–H and O–H groups in total. The van der Waals surface area contributed by atoms with Crippen molar-refractivity contribution >= 4 is 17.8 Å². The third-order valence-corrected chi connectivity index (χ3v) is 5.07. The van der Waals surface area contributed by atoms with Gasteiger partial charge in [-0.3, -0.25) is 9.59 Å². The van der Waals surface area contributed by atoms with E-state index in [0.717, 1.165) is 18.6 Å². The van der Waals surface area contributed by atoms with Gasteiger partial charge in [-0.25, -0.2) is 4.79 Å². The molecule has 1 aliphatic heterocycles. The second kappa shape index (κ2) is 7.76. The normalized spacial score (nSPS) is 20.0. The molecule has 26 heavy (non-hydrogen) atoms. The van der Waals surface area contributed by atoms with Gasteiger partial charge in [0.15, 0.2) is 0 Å². The predicted molar refractivity (Wildman–Crippen MR) is 93.6 cm³/mol. The smallest absolute Gasteiger partial charge is 0.326 e. The monoisotopic (exact) mass is 360 g/mol. The number of carboxylic acid groups (broad SMARTS) is 1. The highest BCUT2D eigenvalue weighted by molar-refractivity contribution is 5.88. The van der Waals surface area contributed by atoms with Gasteiger partial charge in [-0.05, 0) is 43.2 Å². The molecular weight excluding hydrogens is 336 g/mol. The molecule has 1 atom stereocenters. The maximum absolute atomic E-state index is 12.3. The van der Waals surface area contributed by atoms with Gasteiger partial charge in [0, 0.05) is 13.0 Å². The fourth-order valence-corrected chi connectivity index (χ4v) is 3.38. The van der Waals surface area contributed by atoms with Crippen LogP contribution >= 0.6 is 0 Å². The van der Waals surface area contributed by atoms with Gasteiger partial charge in [-0.1, -0.05) is 18.2 Å². The average molecular weight is 360 g/mol. The van der Waals surface area contributed by atoms with Crippen molar-refractivity contribution in [3.63, 3.8) is 0 Å². The van der Waals surface area contributed by atoms with Crippen LogP contribution in [0.15, 0.2) is 30.3 Å². The van der Waals surface area contributed by atoms with Crippen LogP contribution in [0.2, 0.25) is 0 Å². The van der Waals surface area contributed by atoms with E-state index in [1.165, 1.54) is 4.90 Å². The number of benzene rings is 1. The Balaban J connectivity index is 1.36. The number of ether oxygens (including phenoxy) is 1. The zero-order chi connectivity index (χ0) is 18.6. The molecular formula is C19H24N2O5. The number of para-hydroxylation sites is 1. The van der Waals surface area contributed by atoms with Crippen LogP contribution in [0.25, 0.3) is 0 Å². The molecule has 0 radical (unpaired) electrons. The number of hydrogen-bond donors (Lipinski definition) is 2. The van der Waals surface area contributed by atoms with Gasteiger partial charge in [0.2, 0.25) is 11.8 Å². The highest BCUT2D eigenvalue weighted by atomic mass is 16.5. The molecule has 7 nitrogen and oxygen atoms in total. The topological polar surface area (TPSA) is 95.9 Å². The summed E-state index contributed by atoms with van der Waals surface area (Å²) >= 11 is 0. The molecule has 1 saturated heterocycles. The minimum atomic E-state index is -0.966. The van der Waals surface area contributed by atoms with Gasteiger partial charge < -0.3 is 20.1 Å². The van der Waals surface area contributed by atoms with E-state index < -0.39 is 12.0 Å². The predicted octanol–water partition coefficient (Wildman–Crippen LogP) is 1.43.